The van der Waals surface area contributed by atoms with Gasteiger partial charge in [0.25, 0.3) is 0 Å². The molecular weight excluding hydrogens is 246 g/mol. The van der Waals surface area contributed by atoms with Crippen LogP contribution in [0.3, 0.4) is 0 Å². The van der Waals surface area contributed by atoms with E-state index in [1.807, 2.05) is 30.3 Å². The first-order valence-electron chi connectivity index (χ1n) is 5.48. The van der Waals surface area contributed by atoms with Crippen molar-refractivity contribution in [2.45, 2.75) is 10.2 Å². The van der Waals surface area contributed by atoms with Gasteiger partial charge in [-0.25, -0.2) is 15.0 Å². The van der Waals surface area contributed by atoms with Crippen LogP contribution >= 0.6 is 11.8 Å². The zero-order valence-corrected chi connectivity index (χ0v) is 10.5. The lowest BCUT2D eigenvalue weighted by Crippen LogP contribution is -1.95. The van der Waals surface area contributed by atoms with E-state index < -0.39 is 0 Å². The number of rotatable bonds is 3. The van der Waals surface area contributed by atoms with E-state index in [-0.39, 0.29) is 0 Å². The van der Waals surface area contributed by atoms with E-state index in [9.17, 15) is 0 Å². The summed E-state index contributed by atoms with van der Waals surface area (Å²) >= 11 is 1.49. The Kier molecular flexibility index (Phi) is 2.85. The lowest BCUT2D eigenvalue weighted by Gasteiger charge is -1.99. The molecule has 0 aliphatic carbocycles. The number of H-pyrrole nitrogens is 1. The van der Waals surface area contributed by atoms with Crippen molar-refractivity contribution in [3.05, 3.63) is 36.5 Å². The fourth-order valence-electron chi connectivity index (χ4n) is 1.60. The summed E-state index contributed by atoms with van der Waals surface area (Å²) in [5.41, 5.74) is 1.99. The average Bonchev–Trinajstić information content (AvgIpc) is 2.81. The Morgan fingerprint density at radius 2 is 2.06 bits per heavy atom. The van der Waals surface area contributed by atoms with Crippen LogP contribution in [0.4, 0.5) is 5.95 Å². The summed E-state index contributed by atoms with van der Waals surface area (Å²) < 4.78 is 0. The molecule has 5 nitrogen and oxygen atoms in total. The first kappa shape index (κ1) is 11.0. The van der Waals surface area contributed by atoms with Gasteiger partial charge in [0.2, 0.25) is 5.95 Å². The number of benzene rings is 1. The number of fused-ring (bicyclic) bond motifs is 1. The number of para-hydroxylation sites is 2. The van der Waals surface area contributed by atoms with Crippen molar-refractivity contribution in [2.24, 2.45) is 0 Å². The van der Waals surface area contributed by atoms with Crippen molar-refractivity contribution in [1.82, 2.24) is 19.9 Å². The Labute approximate surface area is 108 Å². The third-order valence-corrected chi connectivity index (χ3v) is 3.25. The minimum atomic E-state index is 0.608. The van der Waals surface area contributed by atoms with Crippen molar-refractivity contribution in [3.63, 3.8) is 0 Å². The van der Waals surface area contributed by atoms with Gasteiger partial charge in [0, 0.05) is 13.2 Å². The van der Waals surface area contributed by atoms with E-state index in [0.717, 1.165) is 21.2 Å². The Morgan fingerprint density at radius 3 is 2.89 bits per heavy atom. The van der Waals surface area contributed by atoms with Gasteiger partial charge < -0.3 is 10.3 Å². The molecule has 0 fully saturated rings. The first-order chi connectivity index (χ1) is 8.85. The summed E-state index contributed by atoms with van der Waals surface area (Å²) in [6, 6.07) is 9.80. The minimum Gasteiger partial charge on any atom is -0.357 e. The van der Waals surface area contributed by atoms with Gasteiger partial charge in [0.1, 0.15) is 5.03 Å². The smallest absolute Gasteiger partial charge is 0.223 e. The van der Waals surface area contributed by atoms with Gasteiger partial charge in [0.05, 0.1) is 11.0 Å². The third-order valence-electron chi connectivity index (χ3n) is 2.42. The quantitative estimate of drug-likeness (QED) is 0.706. The van der Waals surface area contributed by atoms with Crippen molar-refractivity contribution in [1.29, 1.82) is 0 Å². The highest BCUT2D eigenvalue weighted by atomic mass is 32.2. The van der Waals surface area contributed by atoms with E-state index in [2.05, 4.69) is 25.3 Å². The van der Waals surface area contributed by atoms with Crippen LogP contribution in [-0.4, -0.2) is 27.0 Å². The van der Waals surface area contributed by atoms with Crippen LogP contribution in [0.15, 0.2) is 46.7 Å². The molecule has 0 bridgehead atoms. The van der Waals surface area contributed by atoms with E-state index in [1.54, 1.807) is 13.2 Å². The first-order valence-corrected chi connectivity index (χ1v) is 6.30. The highest BCUT2D eigenvalue weighted by Gasteiger charge is 2.05. The molecular formula is C12H11N5S. The third kappa shape index (κ3) is 2.14. The maximum atomic E-state index is 4.49. The number of aromatic nitrogens is 4. The summed E-state index contributed by atoms with van der Waals surface area (Å²) in [5, 5.41) is 4.60. The molecule has 0 amide bonds. The number of anilines is 1. The Hall–Kier alpha value is -2.08. The zero-order chi connectivity index (χ0) is 12.4. The molecule has 0 aliphatic heterocycles. The summed E-state index contributed by atoms with van der Waals surface area (Å²) in [6.45, 7) is 0. The molecule has 3 aromatic rings. The van der Waals surface area contributed by atoms with Crippen LogP contribution in [0.25, 0.3) is 11.0 Å². The number of imidazole rings is 1. The fraction of sp³-hybridized carbons (Fsp3) is 0.0833. The van der Waals surface area contributed by atoms with Crippen LogP contribution in [0.1, 0.15) is 0 Å². The van der Waals surface area contributed by atoms with Gasteiger partial charge in [-0.3, -0.25) is 0 Å². The predicted molar refractivity (Wildman–Crippen MR) is 71.8 cm³/mol. The second-order valence-corrected chi connectivity index (χ2v) is 4.64. The van der Waals surface area contributed by atoms with Gasteiger partial charge in [0.15, 0.2) is 5.16 Å². The second kappa shape index (κ2) is 4.66. The summed E-state index contributed by atoms with van der Waals surface area (Å²) in [6.07, 6.45) is 1.73. The molecule has 0 unspecified atom stereocenters. The molecule has 0 saturated heterocycles. The number of nitrogens with one attached hydrogen (secondary N) is 2. The Morgan fingerprint density at radius 1 is 1.17 bits per heavy atom. The number of hydrogen-bond acceptors (Lipinski definition) is 5. The van der Waals surface area contributed by atoms with Crippen molar-refractivity contribution >= 4 is 28.7 Å². The summed E-state index contributed by atoms with van der Waals surface area (Å²) in [4.78, 5) is 16.2. The summed E-state index contributed by atoms with van der Waals surface area (Å²) in [5.74, 6) is 0.608. The minimum absolute atomic E-state index is 0.608. The van der Waals surface area contributed by atoms with Gasteiger partial charge in [-0.1, -0.05) is 12.1 Å². The maximum Gasteiger partial charge on any atom is 0.223 e. The number of nitrogens with zero attached hydrogens (tertiary/aromatic N) is 3. The molecule has 0 radical (unpaired) electrons. The Balaban J connectivity index is 1.91. The number of hydrogen-bond donors (Lipinski definition) is 2. The molecule has 2 aromatic heterocycles. The van der Waals surface area contributed by atoms with E-state index >= 15 is 0 Å². The second-order valence-electron chi connectivity index (χ2n) is 3.63. The summed E-state index contributed by atoms with van der Waals surface area (Å²) in [7, 11) is 1.80. The van der Waals surface area contributed by atoms with Crippen molar-refractivity contribution in [3.8, 4) is 0 Å². The zero-order valence-electron chi connectivity index (χ0n) is 9.71. The molecule has 18 heavy (non-hydrogen) atoms. The monoisotopic (exact) mass is 257 g/mol. The van der Waals surface area contributed by atoms with E-state index in [4.69, 9.17) is 0 Å². The lowest BCUT2D eigenvalue weighted by molar-refractivity contribution is 1.02. The van der Waals surface area contributed by atoms with Crippen molar-refractivity contribution < 1.29 is 0 Å². The van der Waals surface area contributed by atoms with Gasteiger partial charge in [-0.2, -0.15) is 0 Å². The normalized spacial score (nSPS) is 10.7. The molecule has 2 N–H and O–H groups in total. The topological polar surface area (TPSA) is 66.5 Å². The molecule has 2 heterocycles. The standard InChI is InChI=1S/C12H11N5S/c1-13-11-14-7-6-10(17-11)18-12-15-8-4-2-3-5-9(8)16-12/h2-7H,1H3,(H,15,16)(H,13,14,17). The van der Waals surface area contributed by atoms with Crippen LogP contribution in [0.2, 0.25) is 0 Å². The molecule has 1 aromatic carbocycles. The number of aromatic amines is 1. The van der Waals surface area contributed by atoms with Crippen LogP contribution in [0, 0.1) is 0 Å². The van der Waals surface area contributed by atoms with Crippen LogP contribution < -0.4 is 5.32 Å². The maximum absolute atomic E-state index is 4.49. The molecule has 3 rings (SSSR count). The lowest BCUT2D eigenvalue weighted by atomic mass is 10.3. The molecule has 90 valence electrons. The van der Waals surface area contributed by atoms with Crippen LogP contribution in [-0.2, 0) is 0 Å². The van der Waals surface area contributed by atoms with Crippen LogP contribution in [0.5, 0.6) is 0 Å². The molecule has 0 atom stereocenters. The van der Waals surface area contributed by atoms with E-state index in [1.165, 1.54) is 11.8 Å². The van der Waals surface area contributed by atoms with Gasteiger partial charge in [-0.05, 0) is 30.0 Å². The average molecular weight is 257 g/mol. The Bertz CT molecular complexity index is 646. The highest BCUT2D eigenvalue weighted by molar-refractivity contribution is 7.99. The molecule has 0 spiro atoms. The van der Waals surface area contributed by atoms with Gasteiger partial charge in [-0.15, -0.1) is 0 Å². The largest absolute Gasteiger partial charge is 0.357 e. The molecule has 6 heteroatoms. The van der Waals surface area contributed by atoms with Crippen molar-refractivity contribution in [2.75, 3.05) is 12.4 Å². The van der Waals surface area contributed by atoms with E-state index in [0.29, 0.717) is 5.95 Å². The predicted octanol–water partition coefficient (Wildman–Crippen LogP) is 2.55. The van der Waals surface area contributed by atoms with Gasteiger partial charge >= 0.3 is 0 Å². The highest BCUT2D eigenvalue weighted by Crippen LogP contribution is 2.25. The SMILES string of the molecule is CNc1nccc(Sc2nc3ccccc3[nH]2)n1. The molecule has 0 aliphatic rings. The molecule has 0 saturated carbocycles. The fourth-order valence-corrected chi connectivity index (χ4v) is 2.36.